The fourth-order valence-electron chi connectivity index (χ4n) is 9.63. The van der Waals surface area contributed by atoms with Crippen LogP contribution < -0.4 is 20.3 Å². The maximum Gasteiger partial charge on any atom is 0.434 e. The first-order valence-electron chi connectivity index (χ1n) is 20.1. The number of nitrogens with zero attached hydrogens (tertiary/aromatic N) is 1. The molecule has 0 saturated heterocycles. The zero-order chi connectivity index (χ0) is 38.6. The molecule has 4 heterocycles. The maximum atomic E-state index is 6.93. The lowest BCUT2D eigenvalue weighted by Crippen LogP contribution is -2.53. The molecular formula is C54H32BNO3. The Hall–Kier alpha value is -7.76. The van der Waals surface area contributed by atoms with Gasteiger partial charge in [-0.05, 0) is 88.0 Å². The van der Waals surface area contributed by atoms with Gasteiger partial charge in [0.1, 0.15) is 28.4 Å². The SMILES string of the molecule is c1ccc2c(c1)OB1c3cc(-c4ccc(-n5c6ccccc6c6ccccc65)cc4)ccc3Oc3cc(-c4ccccc4-c4cccc5c4oc4ccccc45)cc-2c31. The molecule has 0 aliphatic carbocycles. The van der Waals surface area contributed by atoms with Crippen LogP contribution in [0.15, 0.2) is 199 Å². The molecule has 2 aromatic heterocycles. The number of aromatic nitrogens is 1. The van der Waals surface area contributed by atoms with E-state index in [0.29, 0.717) is 0 Å². The Morgan fingerprint density at radius 3 is 1.85 bits per heavy atom. The van der Waals surface area contributed by atoms with E-state index in [1.54, 1.807) is 0 Å². The second-order valence-electron chi connectivity index (χ2n) is 15.5. The smallest absolute Gasteiger partial charge is 0.434 e. The fraction of sp³-hybridized carbons (Fsp3) is 0. The summed E-state index contributed by atoms with van der Waals surface area (Å²) in [6, 6.07) is 68.8. The van der Waals surface area contributed by atoms with Gasteiger partial charge in [-0.15, -0.1) is 0 Å². The molecule has 0 unspecified atom stereocenters. The van der Waals surface area contributed by atoms with Crippen molar-refractivity contribution < 1.29 is 13.8 Å². The van der Waals surface area contributed by atoms with E-state index in [0.717, 1.165) is 100 Å². The van der Waals surface area contributed by atoms with Crippen molar-refractivity contribution >= 4 is 61.6 Å². The second-order valence-corrected chi connectivity index (χ2v) is 15.5. The number of ether oxygens (including phenoxy) is 1. The highest BCUT2D eigenvalue weighted by Gasteiger charge is 2.41. The predicted molar refractivity (Wildman–Crippen MR) is 242 cm³/mol. The highest BCUT2D eigenvalue weighted by Crippen LogP contribution is 2.45. The van der Waals surface area contributed by atoms with Crippen LogP contribution in [-0.4, -0.2) is 11.5 Å². The van der Waals surface area contributed by atoms with Crippen molar-refractivity contribution in [2.75, 3.05) is 0 Å². The van der Waals surface area contributed by atoms with Gasteiger partial charge < -0.3 is 18.4 Å². The summed E-state index contributed by atoms with van der Waals surface area (Å²) in [6.07, 6.45) is 0. The van der Waals surface area contributed by atoms with Crippen molar-refractivity contribution in [2.45, 2.75) is 0 Å². The van der Waals surface area contributed by atoms with Gasteiger partial charge in [0.25, 0.3) is 0 Å². The van der Waals surface area contributed by atoms with E-state index in [4.69, 9.17) is 13.8 Å². The summed E-state index contributed by atoms with van der Waals surface area (Å²) in [5.74, 6) is 2.47. The number of para-hydroxylation sites is 5. The number of rotatable bonds is 4. The monoisotopic (exact) mass is 753 g/mol. The van der Waals surface area contributed by atoms with Crippen LogP contribution in [0.2, 0.25) is 0 Å². The largest absolute Gasteiger partial charge is 0.551 e. The minimum atomic E-state index is -0.330. The zero-order valence-corrected chi connectivity index (χ0v) is 31.7. The summed E-state index contributed by atoms with van der Waals surface area (Å²) in [4.78, 5) is 0. The van der Waals surface area contributed by atoms with Gasteiger partial charge in [-0.25, -0.2) is 0 Å². The standard InChI is InChI=1S/C54H32BNO3/c1-2-13-38(43-18-11-19-44-41-16-5-9-22-49(41)58-54(43)44)37(12-1)35-30-45-42-17-6-10-23-50(42)59-55-46-31-34(26-29-51(46)57-52(32-35)53(45)55)33-24-27-36(28-25-33)56-47-20-7-3-14-39(47)40-15-4-8-21-48(40)56/h1-32H. The van der Waals surface area contributed by atoms with Crippen LogP contribution in [0.1, 0.15) is 0 Å². The number of benzene rings is 9. The summed E-state index contributed by atoms with van der Waals surface area (Å²) in [6.45, 7) is -0.330. The van der Waals surface area contributed by atoms with E-state index in [9.17, 15) is 0 Å². The Labute approximate surface area is 340 Å². The van der Waals surface area contributed by atoms with Gasteiger partial charge in [0.2, 0.25) is 0 Å². The molecule has 0 saturated carbocycles. The average molecular weight is 754 g/mol. The van der Waals surface area contributed by atoms with Gasteiger partial charge in [-0.1, -0.05) is 140 Å². The second kappa shape index (κ2) is 12.4. The maximum absolute atomic E-state index is 6.93. The van der Waals surface area contributed by atoms with E-state index < -0.39 is 0 Å². The van der Waals surface area contributed by atoms with E-state index >= 15 is 0 Å². The third-order valence-corrected chi connectivity index (χ3v) is 12.3. The van der Waals surface area contributed by atoms with Crippen LogP contribution in [-0.2, 0) is 0 Å². The summed E-state index contributed by atoms with van der Waals surface area (Å²) in [5, 5.41) is 4.74. The van der Waals surface area contributed by atoms with Gasteiger partial charge in [0.15, 0.2) is 0 Å². The van der Waals surface area contributed by atoms with E-state index in [-0.39, 0.29) is 6.92 Å². The van der Waals surface area contributed by atoms with Crippen LogP contribution in [0.4, 0.5) is 0 Å². The first-order valence-corrected chi connectivity index (χ1v) is 20.1. The van der Waals surface area contributed by atoms with Crippen molar-refractivity contribution in [1.29, 1.82) is 0 Å². The number of furan rings is 1. The van der Waals surface area contributed by atoms with Gasteiger partial charge in [-0.2, -0.15) is 0 Å². The molecule has 0 spiro atoms. The Morgan fingerprint density at radius 2 is 1.03 bits per heavy atom. The molecule has 13 rings (SSSR count). The summed E-state index contributed by atoms with van der Waals surface area (Å²) >= 11 is 0. The van der Waals surface area contributed by atoms with Crippen LogP contribution in [0.3, 0.4) is 0 Å². The summed E-state index contributed by atoms with van der Waals surface area (Å²) in [7, 11) is 0. The van der Waals surface area contributed by atoms with Crippen molar-refractivity contribution in [3.8, 4) is 67.4 Å². The molecule has 0 amide bonds. The lowest BCUT2D eigenvalue weighted by atomic mass is 9.50. The highest BCUT2D eigenvalue weighted by atomic mass is 16.5. The number of hydrogen-bond acceptors (Lipinski definition) is 3. The molecule has 59 heavy (non-hydrogen) atoms. The van der Waals surface area contributed by atoms with Crippen molar-refractivity contribution in [1.82, 2.24) is 4.57 Å². The van der Waals surface area contributed by atoms with Crippen LogP contribution >= 0.6 is 0 Å². The molecule has 11 aromatic rings. The molecule has 274 valence electrons. The van der Waals surface area contributed by atoms with E-state index in [2.05, 4.69) is 180 Å². The third kappa shape index (κ3) is 4.79. The fourth-order valence-corrected chi connectivity index (χ4v) is 9.63. The molecule has 0 atom stereocenters. The molecule has 0 fully saturated rings. The highest BCUT2D eigenvalue weighted by molar-refractivity contribution is 6.84. The molecule has 0 bridgehead atoms. The van der Waals surface area contributed by atoms with E-state index in [1.165, 1.54) is 21.8 Å². The first-order chi connectivity index (χ1) is 29.2. The lowest BCUT2D eigenvalue weighted by molar-refractivity contribution is 0.479. The molecule has 0 N–H and O–H groups in total. The normalized spacial score (nSPS) is 12.6. The lowest BCUT2D eigenvalue weighted by Gasteiger charge is -2.33. The van der Waals surface area contributed by atoms with Crippen LogP contribution in [0.5, 0.6) is 17.2 Å². The number of fused-ring (bicyclic) bond motifs is 10. The number of hydrogen-bond donors (Lipinski definition) is 0. The molecule has 2 aliphatic rings. The van der Waals surface area contributed by atoms with Crippen LogP contribution in [0, 0.1) is 0 Å². The predicted octanol–water partition coefficient (Wildman–Crippen LogP) is 13.0. The molecule has 4 nitrogen and oxygen atoms in total. The minimum absolute atomic E-state index is 0.330. The van der Waals surface area contributed by atoms with Crippen molar-refractivity contribution in [2.24, 2.45) is 0 Å². The van der Waals surface area contributed by atoms with Crippen molar-refractivity contribution in [3.05, 3.63) is 194 Å². The van der Waals surface area contributed by atoms with Crippen molar-refractivity contribution in [3.63, 3.8) is 0 Å². The van der Waals surface area contributed by atoms with Gasteiger partial charge in [0, 0.05) is 49.3 Å². The van der Waals surface area contributed by atoms with Gasteiger partial charge in [0.05, 0.1) is 11.0 Å². The summed E-state index contributed by atoms with van der Waals surface area (Å²) in [5.41, 5.74) is 16.1. The molecular weight excluding hydrogens is 721 g/mol. The van der Waals surface area contributed by atoms with E-state index in [1.807, 2.05) is 18.2 Å². The molecule has 5 heteroatoms. The third-order valence-electron chi connectivity index (χ3n) is 12.3. The molecule has 9 aromatic carbocycles. The summed E-state index contributed by atoms with van der Waals surface area (Å²) < 4.78 is 22.7. The van der Waals surface area contributed by atoms with Crippen LogP contribution in [0.25, 0.3) is 93.9 Å². The minimum Gasteiger partial charge on any atom is -0.551 e. The molecule has 2 aliphatic heterocycles. The Morgan fingerprint density at radius 1 is 0.390 bits per heavy atom. The first kappa shape index (κ1) is 32.3. The zero-order valence-electron chi connectivity index (χ0n) is 31.7. The quantitative estimate of drug-likeness (QED) is 0.168. The molecule has 0 radical (unpaired) electrons. The topological polar surface area (TPSA) is 36.5 Å². The Kier molecular flexibility index (Phi) is 6.78. The average Bonchev–Trinajstić information content (AvgIpc) is 3.85. The van der Waals surface area contributed by atoms with Gasteiger partial charge >= 0.3 is 6.92 Å². The van der Waals surface area contributed by atoms with Gasteiger partial charge in [-0.3, -0.25) is 0 Å². The Balaban J connectivity index is 0.919. The Bertz CT molecular complexity index is 3470.